The van der Waals surface area contributed by atoms with E-state index in [9.17, 15) is 4.79 Å². The van der Waals surface area contributed by atoms with E-state index < -0.39 is 5.97 Å². The number of methoxy groups -OCH3 is 2. The molecule has 70 valence electrons. The fourth-order valence-electron chi connectivity index (χ4n) is 0.843. The highest BCUT2D eigenvalue weighted by atomic mass is 16.5. The third kappa shape index (κ3) is 1.87. The Morgan fingerprint density at radius 1 is 1.54 bits per heavy atom. The Labute approximate surface area is 75.5 Å². The molecular formula is C8H10N2O3. The van der Waals surface area contributed by atoms with Gasteiger partial charge < -0.3 is 15.2 Å². The monoisotopic (exact) mass is 182 g/mol. The number of anilines is 1. The molecule has 0 aliphatic heterocycles. The summed E-state index contributed by atoms with van der Waals surface area (Å²) >= 11 is 0. The summed E-state index contributed by atoms with van der Waals surface area (Å²) in [6.07, 6.45) is 1.32. The van der Waals surface area contributed by atoms with Crippen LogP contribution in [0.15, 0.2) is 12.3 Å². The van der Waals surface area contributed by atoms with Gasteiger partial charge in [-0.1, -0.05) is 0 Å². The van der Waals surface area contributed by atoms with Crippen LogP contribution in [0.2, 0.25) is 0 Å². The highest BCUT2D eigenvalue weighted by Gasteiger charge is 2.10. The number of nitrogens with two attached hydrogens (primary N) is 1. The summed E-state index contributed by atoms with van der Waals surface area (Å²) < 4.78 is 9.31. The van der Waals surface area contributed by atoms with Crippen LogP contribution in [0.25, 0.3) is 0 Å². The quantitative estimate of drug-likeness (QED) is 0.672. The fourth-order valence-corrected chi connectivity index (χ4v) is 0.843. The Morgan fingerprint density at radius 2 is 2.23 bits per heavy atom. The number of nitrogens with zero attached hydrogens (tertiary/aromatic N) is 1. The summed E-state index contributed by atoms with van der Waals surface area (Å²) in [4.78, 5) is 14.9. The van der Waals surface area contributed by atoms with Crippen LogP contribution >= 0.6 is 0 Å². The number of rotatable bonds is 2. The van der Waals surface area contributed by atoms with E-state index in [0.717, 1.165) is 0 Å². The Kier molecular flexibility index (Phi) is 2.69. The second-order valence-electron chi connectivity index (χ2n) is 2.31. The number of hydrogen-bond donors (Lipinski definition) is 1. The number of esters is 1. The topological polar surface area (TPSA) is 74.4 Å². The molecule has 0 aliphatic rings. The molecule has 2 N–H and O–H groups in total. The van der Waals surface area contributed by atoms with E-state index in [4.69, 9.17) is 10.5 Å². The first kappa shape index (κ1) is 9.31. The fraction of sp³-hybridized carbons (Fsp3) is 0.250. The van der Waals surface area contributed by atoms with Crippen molar-refractivity contribution in [3.63, 3.8) is 0 Å². The van der Waals surface area contributed by atoms with Crippen LogP contribution in [0.5, 0.6) is 5.88 Å². The second-order valence-corrected chi connectivity index (χ2v) is 2.31. The van der Waals surface area contributed by atoms with E-state index >= 15 is 0 Å². The average molecular weight is 182 g/mol. The van der Waals surface area contributed by atoms with Crippen LogP contribution in [0.1, 0.15) is 10.4 Å². The van der Waals surface area contributed by atoms with Gasteiger partial charge in [-0.25, -0.2) is 9.78 Å². The molecule has 0 aromatic carbocycles. The molecule has 0 unspecified atom stereocenters. The maximum atomic E-state index is 11.1. The van der Waals surface area contributed by atoms with Crippen molar-refractivity contribution < 1.29 is 14.3 Å². The van der Waals surface area contributed by atoms with Crippen molar-refractivity contribution in [3.05, 3.63) is 17.8 Å². The van der Waals surface area contributed by atoms with Gasteiger partial charge in [-0.3, -0.25) is 0 Å². The Balaban J connectivity index is 3.05. The maximum absolute atomic E-state index is 11.1. The smallest absolute Gasteiger partial charge is 0.341 e. The van der Waals surface area contributed by atoms with Crippen molar-refractivity contribution in [1.29, 1.82) is 0 Å². The normalized spacial score (nSPS) is 9.38. The molecule has 0 radical (unpaired) electrons. The minimum Gasteiger partial charge on any atom is -0.481 e. The van der Waals surface area contributed by atoms with Crippen LogP contribution in [-0.2, 0) is 4.74 Å². The molecular weight excluding hydrogens is 172 g/mol. The van der Waals surface area contributed by atoms with E-state index in [1.54, 1.807) is 0 Å². The van der Waals surface area contributed by atoms with Crippen LogP contribution in [0, 0.1) is 0 Å². The predicted octanol–water partition coefficient (Wildman–Crippen LogP) is 0.459. The van der Waals surface area contributed by atoms with Crippen molar-refractivity contribution in [2.45, 2.75) is 0 Å². The van der Waals surface area contributed by atoms with Crippen molar-refractivity contribution >= 4 is 11.7 Å². The van der Waals surface area contributed by atoms with Gasteiger partial charge in [-0.2, -0.15) is 0 Å². The summed E-state index contributed by atoms with van der Waals surface area (Å²) in [7, 11) is 2.76. The Bertz CT molecular complexity index is 325. The van der Waals surface area contributed by atoms with Crippen molar-refractivity contribution in [3.8, 4) is 5.88 Å². The summed E-state index contributed by atoms with van der Waals surface area (Å²) in [5, 5.41) is 0. The number of hydrogen-bond acceptors (Lipinski definition) is 5. The zero-order chi connectivity index (χ0) is 9.84. The lowest BCUT2D eigenvalue weighted by atomic mass is 10.2. The molecule has 1 rings (SSSR count). The predicted molar refractivity (Wildman–Crippen MR) is 46.5 cm³/mol. The zero-order valence-electron chi connectivity index (χ0n) is 7.40. The lowest BCUT2D eigenvalue weighted by molar-refractivity contribution is 0.0601. The summed E-state index contributed by atoms with van der Waals surface area (Å²) in [6.45, 7) is 0. The number of pyridine rings is 1. The van der Waals surface area contributed by atoms with E-state index in [1.165, 1.54) is 26.5 Å². The van der Waals surface area contributed by atoms with Crippen LogP contribution in [0.3, 0.4) is 0 Å². The van der Waals surface area contributed by atoms with E-state index in [0.29, 0.717) is 11.6 Å². The molecule has 0 spiro atoms. The van der Waals surface area contributed by atoms with Gasteiger partial charge in [0, 0.05) is 12.3 Å². The van der Waals surface area contributed by atoms with E-state index in [-0.39, 0.29) is 5.56 Å². The summed E-state index contributed by atoms with van der Waals surface area (Å²) in [5.74, 6) is -0.141. The molecule has 5 heteroatoms. The molecule has 0 amide bonds. The summed E-state index contributed by atoms with van der Waals surface area (Å²) in [5.41, 5.74) is 6.08. The average Bonchev–Trinajstić information content (AvgIpc) is 2.16. The second kappa shape index (κ2) is 3.75. The highest BCUT2D eigenvalue weighted by Crippen LogP contribution is 2.16. The third-order valence-corrected chi connectivity index (χ3v) is 1.53. The van der Waals surface area contributed by atoms with Gasteiger partial charge in [-0.15, -0.1) is 0 Å². The SMILES string of the molecule is COC(=O)c1cnc(OC)cc1N. The zero-order valence-corrected chi connectivity index (χ0v) is 7.40. The van der Waals surface area contributed by atoms with Crippen LogP contribution in [-0.4, -0.2) is 25.2 Å². The van der Waals surface area contributed by atoms with Gasteiger partial charge in [0.05, 0.1) is 19.9 Å². The number of ether oxygens (including phenoxy) is 2. The number of nitrogen functional groups attached to an aromatic ring is 1. The molecule has 0 saturated heterocycles. The molecule has 1 aromatic heterocycles. The Morgan fingerprint density at radius 3 is 2.69 bits per heavy atom. The van der Waals surface area contributed by atoms with E-state index in [2.05, 4.69) is 9.72 Å². The number of carbonyl (C=O) groups excluding carboxylic acids is 1. The lowest BCUT2D eigenvalue weighted by Crippen LogP contribution is -2.06. The molecule has 1 heterocycles. The van der Waals surface area contributed by atoms with Gasteiger partial charge in [-0.05, 0) is 0 Å². The van der Waals surface area contributed by atoms with Gasteiger partial charge in [0.2, 0.25) is 5.88 Å². The first-order valence-corrected chi connectivity index (χ1v) is 3.57. The third-order valence-electron chi connectivity index (χ3n) is 1.53. The molecule has 0 atom stereocenters. The molecule has 0 aliphatic carbocycles. The molecule has 0 fully saturated rings. The molecule has 13 heavy (non-hydrogen) atoms. The molecule has 1 aromatic rings. The standard InChI is InChI=1S/C8H10N2O3/c1-12-7-3-6(9)5(4-10-7)8(11)13-2/h3-4H,1-2H3,(H2,9,10). The maximum Gasteiger partial charge on any atom is 0.341 e. The number of carbonyl (C=O) groups is 1. The highest BCUT2D eigenvalue weighted by molar-refractivity contribution is 5.94. The van der Waals surface area contributed by atoms with Crippen LogP contribution in [0.4, 0.5) is 5.69 Å². The largest absolute Gasteiger partial charge is 0.481 e. The van der Waals surface area contributed by atoms with Gasteiger partial charge in [0.15, 0.2) is 0 Å². The van der Waals surface area contributed by atoms with Crippen LogP contribution < -0.4 is 10.5 Å². The minimum atomic E-state index is -0.507. The van der Waals surface area contributed by atoms with Crippen molar-refractivity contribution in [1.82, 2.24) is 4.98 Å². The van der Waals surface area contributed by atoms with Gasteiger partial charge >= 0.3 is 5.97 Å². The molecule has 0 bridgehead atoms. The number of aromatic nitrogens is 1. The first-order chi connectivity index (χ1) is 6.19. The minimum absolute atomic E-state index is 0.239. The molecule has 0 saturated carbocycles. The first-order valence-electron chi connectivity index (χ1n) is 3.57. The van der Waals surface area contributed by atoms with Gasteiger partial charge in [0.1, 0.15) is 5.56 Å². The van der Waals surface area contributed by atoms with Gasteiger partial charge in [0.25, 0.3) is 0 Å². The van der Waals surface area contributed by atoms with Crippen molar-refractivity contribution in [2.75, 3.05) is 20.0 Å². The Hall–Kier alpha value is -1.78. The lowest BCUT2D eigenvalue weighted by Gasteiger charge is -2.04. The molecule has 5 nitrogen and oxygen atoms in total. The van der Waals surface area contributed by atoms with Crippen molar-refractivity contribution in [2.24, 2.45) is 0 Å². The van der Waals surface area contributed by atoms with E-state index in [1.807, 2.05) is 0 Å². The summed E-state index contributed by atoms with van der Waals surface area (Å²) in [6, 6.07) is 1.46.